The number of nitrogens with one attached hydrogen (secondary N) is 1. The van der Waals surface area contributed by atoms with Crippen molar-refractivity contribution in [1.29, 1.82) is 0 Å². The maximum Gasteiger partial charge on any atom is 0.317 e. The van der Waals surface area contributed by atoms with Crippen molar-refractivity contribution < 1.29 is 17.9 Å². The van der Waals surface area contributed by atoms with Crippen LogP contribution in [-0.2, 0) is 22.7 Å². The molecule has 1 aliphatic carbocycles. The number of hydrogen-bond donors (Lipinski definition) is 1. The van der Waals surface area contributed by atoms with Gasteiger partial charge < -0.3 is 15.0 Å². The van der Waals surface area contributed by atoms with Gasteiger partial charge >= 0.3 is 6.03 Å². The largest absolute Gasteiger partial charge is 0.492 e. The molecule has 1 saturated heterocycles. The van der Waals surface area contributed by atoms with E-state index in [2.05, 4.69) is 17.4 Å². The first-order chi connectivity index (χ1) is 11.0. The molecule has 1 aliphatic heterocycles. The molecule has 0 bridgehead atoms. The minimum absolute atomic E-state index is 0.0477. The summed E-state index contributed by atoms with van der Waals surface area (Å²) in [5, 5.41) is 2.77. The number of carbonyl (C=O) groups excluding carboxylic acids is 1. The van der Waals surface area contributed by atoms with Crippen LogP contribution in [-0.4, -0.2) is 57.1 Å². The first-order valence-electron chi connectivity index (χ1n) is 8.01. The van der Waals surface area contributed by atoms with Crippen molar-refractivity contribution >= 4 is 15.9 Å². The third-order valence-electron chi connectivity index (χ3n) is 4.35. The fourth-order valence-corrected chi connectivity index (χ4v) is 4.19. The van der Waals surface area contributed by atoms with E-state index in [1.165, 1.54) is 22.4 Å². The Morgan fingerprint density at radius 1 is 1.17 bits per heavy atom. The van der Waals surface area contributed by atoms with Gasteiger partial charge in [-0.15, -0.1) is 0 Å². The van der Waals surface area contributed by atoms with E-state index in [9.17, 15) is 13.2 Å². The van der Waals surface area contributed by atoms with Gasteiger partial charge in [0.15, 0.2) is 9.84 Å². The van der Waals surface area contributed by atoms with Crippen LogP contribution >= 0.6 is 0 Å². The van der Waals surface area contributed by atoms with Crippen LogP contribution in [0.2, 0.25) is 0 Å². The molecule has 1 aromatic rings. The van der Waals surface area contributed by atoms with E-state index < -0.39 is 9.84 Å². The molecule has 1 aromatic carbocycles. The maximum atomic E-state index is 11.9. The number of sulfone groups is 1. The summed E-state index contributed by atoms with van der Waals surface area (Å²) in [5.74, 6) is 0.932. The van der Waals surface area contributed by atoms with Crippen LogP contribution in [0.25, 0.3) is 0 Å². The SMILES string of the molecule is O=C(NCCOc1ccc2c(c1)CCC2)N1CCS(=O)(=O)CC1. The van der Waals surface area contributed by atoms with E-state index in [0.717, 1.165) is 18.6 Å². The number of rotatable bonds is 4. The van der Waals surface area contributed by atoms with Crippen LogP contribution in [0.5, 0.6) is 5.75 Å². The minimum Gasteiger partial charge on any atom is -0.492 e. The zero-order chi connectivity index (χ0) is 16.3. The second-order valence-electron chi connectivity index (χ2n) is 6.00. The third-order valence-corrected chi connectivity index (χ3v) is 5.96. The Balaban J connectivity index is 1.39. The molecule has 126 valence electrons. The smallest absolute Gasteiger partial charge is 0.317 e. The number of urea groups is 1. The number of carbonyl (C=O) groups is 1. The Hall–Kier alpha value is -1.76. The lowest BCUT2D eigenvalue weighted by atomic mass is 10.1. The van der Waals surface area contributed by atoms with Gasteiger partial charge in [0.1, 0.15) is 12.4 Å². The Labute approximate surface area is 136 Å². The predicted molar refractivity (Wildman–Crippen MR) is 87.6 cm³/mol. The minimum atomic E-state index is -2.96. The normalized spacial score (nSPS) is 19.2. The Morgan fingerprint density at radius 2 is 1.91 bits per heavy atom. The van der Waals surface area contributed by atoms with Crippen molar-refractivity contribution in [1.82, 2.24) is 10.2 Å². The Kier molecular flexibility index (Phi) is 4.75. The molecule has 0 spiro atoms. The summed E-state index contributed by atoms with van der Waals surface area (Å²) in [4.78, 5) is 13.5. The number of nitrogens with zero attached hydrogens (tertiary/aromatic N) is 1. The Bertz CT molecular complexity index is 673. The van der Waals surface area contributed by atoms with E-state index in [-0.39, 0.29) is 30.6 Å². The lowest BCUT2D eigenvalue weighted by Gasteiger charge is -2.26. The lowest BCUT2D eigenvalue weighted by molar-refractivity contribution is 0.199. The molecule has 7 heteroatoms. The number of fused-ring (bicyclic) bond motifs is 1. The van der Waals surface area contributed by atoms with Crippen LogP contribution in [0.15, 0.2) is 18.2 Å². The molecule has 1 N–H and O–H groups in total. The van der Waals surface area contributed by atoms with Crippen molar-refractivity contribution in [3.8, 4) is 5.75 Å². The number of ether oxygens (including phenoxy) is 1. The van der Waals surface area contributed by atoms with Gasteiger partial charge in [-0.25, -0.2) is 13.2 Å². The van der Waals surface area contributed by atoms with Crippen LogP contribution in [0, 0.1) is 0 Å². The standard InChI is InChI=1S/C16H22N2O4S/c19-16(18-7-10-23(20,21)11-8-18)17-6-9-22-15-5-4-13-2-1-3-14(13)12-15/h4-5,12H,1-3,6-11H2,(H,17,19). The maximum absolute atomic E-state index is 11.9. The second-order valence-corrected chi connectivity index (χ2v) is 8.31. The highest BCUT2D eigenvalue weighted by Gasteiger charge is 2.24. The molecule has 6 nitrogen and oxygen atoms in total. The van der Waals surface area contributed by atoms with E-state index in [4.69, 9.17) is 4.74 Å². The molecule has 2 aliphatic rings. The molecule has 0 atom stereocenters. The zero-order valence-electron chi connectivity index (χ0n) is 13.1. The molecule has 1 heterocycles. The third kappa shape index (κ3) is 4.16. The summed E-state index contributed by atoms with van der Waals surface area (Å²) in [6.07, 6.45) is 3.47. The molecular weight excluding hydrogens is 316 g/mol. The van der Waals surface area contributed by atoms with Crippen molar-refractivity contribution in [2.45, 2.75) is 19.3 Å². The number of hydrogen-bond acceptors (Lipinski definition) is 4. The van der Waals surface area contributed by atoms with E-state index in [1.807, 2.05) is 6.07 Å². The average molecular weight is 338 g/mol. The van der Waals surface area contributed by atoms with Gasteiger partial charge in [-0.2, -0.15) is 0 Å². The molecule has 0 radical (unpaired) electrons. The van der Waals surface area contributed by atoms with E-state index in [1.54, 1.807) is 0 Å². The summed E-state index contributed by atoms with van der Waals surface area (Å²) < 4.78 is 28.3. The fraction of sp³-hybridized carbons (Fsp3) is 0.562. The molecule has 2 amide bonds. The molecule has 1 fully saturated rings. The monoisotopic (exact) mass is 338 g/mol. The lowest BCUT2D eigenvalue weighted by Crippen LogP contribution is -2.48. The molecule has 0 aromatic heterocycles. The number of amides is 2. The molecular formula is C16H22N2O4S. The highest BCUT2D eigenvalue weighted by atomic mass is 32.2. The van der Waals surface area contributed by atoms with Gasteiger partial charge in [0.2, 0.25) is 0 Å². The van der Waals surface area contributed by atoms with Gasteiger partial charge in [-0.1, -0.05) is 6.07 Å². The van der Waals surface area contributed by atoms with Gasteiger partial charge in [-0.05, 0) is 42.5 Å². The summed E-state index contributed by atoms with van der Waals surface area (Å²) in [6, 6.07) is 5.95. The van der Waals surface area contributed by atoms with Crippen molar-refractivity contribution in [2.75, 3.05) is 37.7 Å². The average Bonchev–Trinajstić information content (AvgIpc) is 2.99. The highest BCUT2D eigenvalue weighted by molar-refractivity contribution is 7.91. The zero-order valence-corrected chi connectivity index (χ0v) is 13.9. The van der Waals surface area contributed by atoms with Crippen LogP contribution in [0.3, 0.4) is 0 Å². The molecule has 23 heavy (non-hydrogen) atoms. The van der Waals surface area contributed by atoms with Crippen LogP contribution in [0.4, 0.5) is 4.79 Å². The van der Waals surface area contributed by atoms with Crippen LogP contribution in [0.1, 0.15) is 17.5 Å². The van der Waals surface area contributed by atoms with Crippen molar-refractivity contribution in [3.05, 3.63) is 29.3 Å². The predicted octanol–water partition coefficient (Wildman–Crippen LogP) is 0.994. The second kappa shape index (κ2) is 6.78. The fourth-order valence-electron chi connectivity index (χ4n) is 2.99. The first-order valence-corrected chi connectivity index (χ1v) is 9.83. The first kappa shape index (κ1) is 16.1. The number of aryl methyl sites for hydroxylation is 2. The molecule has 0 saturated carbocycles. The number of benzene rings is 1. The van der Waals surface area contributed by atoms with Gasteiger partial charge in [0.25, 0.3) is 0 Å². The van der Waals surface area contributed by atoms with Crippen LogP contribution < -0.4 is 10.1 Å². The van der Waals surface area contributed by atoms with E-state index >= 15 is 0 Å². The summed E-state index contributed by atoms with van der Waals surface area (Å²) in [6.45, 7) is 1.33. The topological polar surface area (TPSA) is 75.7 Å². The van der Waals surface area contributed by atoms with Gasteiger partial charge in [0.05, 0.1) is 18.1 Å². The highest BCUT2D eigenvalue weighted by Crippen LogP contribution is 2.25. The molecule has 3 rings (SSSR count). The summed E-state index contributed by atoms with van der Waals surface area (Å²) in [7, 11) is -2.96. The van der Waals surface area contributed by atoms with Gasteiger partial charge in [-0.3, -0.25) is 0 Å². The Morgan fingerprint density at radius 3 is 2.70 bits per heavy atom. The van der Waals surface area contributed by atoms with Crippen molar-refractivity contribution in [2.24, 2.45) is 0 Å². The summed E-state index contributed by atoms with van der Waals surface area (Å²) in [5.41, 5.74) is 2.77. The van der Waals surface area contributed by atoms with E-state index in [0.29, 0.717) is 13.2 Å². The molecule has 0 unspecified atom stereocenters. The van der Waals surface area contributed by atoms with Gasteiger partial charge in [0, 0.05) is 13.1 Å². The quantitative estimate of drug-likeness (QED) is 0.831. The van der Waals surface area contributed by atoms with Crippen molar-refractivity contribution in [3.63, 3.8) is 0 Å². The summed E-state index contributed by atoms with van der Waals surface area (Å²) >= 11 is 0.